The first-order chi connectivity index (χ1) is 18.2. The van der Waals surface area contributed by atoms with Gasteiger partial charge in [-0.05, 0) is 73.9 Å². The van der Waals surface area contributed by atoms with Gasteiger partial charge in [-0.25, -0.2) is 13.8 Å². The van der Waals surface area contributed by atoms with E-state index in [2.05, 4.69) is 10.5 Å². The zero-order chi connectivity index (χ0) is 27.3. The minimum absolute atomic E-state index is 0.0605. The summed E-state index contributed by atoms with van der Waals surface area (Å²) in [5.41, 5.74) is 7.60. The molecule has 0 aliphatic heterocycles. The van der Waals surface area contributed by atoms with Crippen LogP contribution in [0.4, 0.5) is 5.69 Å². The van der Waals surface area contributed by atoms with Crippen LogP contribution in [0.1, 0.15) is 39.5 Å². The van der Waals surface area contributed by atoms with Crippen molar-refractivity contribution in [2.45, 2.75) is 32.2 Å². The highest BCUT2D eigenvalue weighted by Gasteiger charge is 2.27. The van der Waals surface area contributed by atoms with E-state index in [0.717, 1.165) is 11.1 Å². The summed E-state index contributed by atoms with van der Waals surface area (Å²) in [6.45, 7) is 5.69. The average Bonchev–Trinajstić information content (AvgIpc) is 2.93. The van der Waals surface area contributed by atoms with Crippen molar-refractivity contribution in [2.24, 2.45) is 5.10 Å². The van der Waals surface area contributed by atoms with Crippen molar-refractivity contribution >= 4 is 38.9 Å². The summed E-state index contributed by atoms with van der Waals surface area (Å²) in [5, 5.41) is 4.69. The highest BCUT2D eigenvalue weighted by Crippen LogP contribution is 2.32. The number of aryl methyl sites for hydroxylation is 1. The Kier molecular flexibility index (Phi) is 8.29. The minimum atomic E-state index is -3.89. The van der Waals surface area contributed by atoms with Crippen molar-refractivity contribution in [2.75, 3.05) is 4.31 Å². The molecule has 0 saturated carbocycles. The number of nitrogens with one attached hydrogen (secondary N) is 1. The van der Waals surface area contributed by atoms with Gasteiger partial charge in [-0.2, -0.15) is 5.10 Å². The van der Waals surface area contributed by atoms with Crippen molar-refractivity contribution in [1.82, 2.24) is 5.43 Å². The standard InChI is InChI=1S/C30H28ClN3O3S/c1-21-12-16-25(17-13-21)23(3)32-33-30(35)26-18-14-24(15-19-26)20-34(29-11-7-10-28(31)22(29)2)38(36,37)27-8-5-4-6-9-27/h4-19H,20H2,1-3H3,(H,33,35)/b32-23-. The SMILES string of the molecule is C/C(=N/NC(=O)c1ccc(CN(c2cccc(Cl)c2C)S(=O)(=O)c2ccccc2)cc1)c1ccc(C)cc1. The summed E-state index contributed by atoms with van der Waals surface area (Å²) in [4.78, 5) is 12.9. The molecule has 1 N–H and O–H groups in total. The molecule has 8 heteroatoms. The maximum atomic E-state index is 13.7. The topological polar surface area (TPSA) is 78.8 Å². The average molecular weight is 546 g/mol. The first-order valence-electron chi connectivity index (χ1n) is 12.0. The van der Waals surface area contributed by atoms with E-state index in [1.807, 2.05) is 38.1 Å². The third kappa shape index (κ3) is 6.13. The number of rotatable bonds is 8. The van der Waals surface area contributed by atoms with Crippen LogP contribution in [0.15, 0.2) is 107 Å². The largest absolute Gasteiger partial charge is 0.271 e. The number of amides is 1. The number of hydrogen-bond donors (Lipinski definition) is 1. The minimum Gasteiger partial charge on any atom is -0.267 e. The second kappa shape index (κ2) is 11.6. The van der Waals surface area contributed by atoms with Crippen LogP contribution in [0.5, 0.6) is 0 Å². The first-order valence-corrected chi connectivity index (χ1v) is 13.8. The van der Waals surface area contributed by atoms with Crippen molar-refractivity contribution < 1.29 is 13.2 Å². The normalized spacial score (nSPS) is 11.7. The molecule has 0 aliphatic carbocycles. The number of anilines is 1. The second-order valence-electron chi connectivity index (χ2n) is 8.91. The molecule has 0 radical (unpaired) electrons. The van der Waals surface area contributed by atoms with Gasteiger partial charge in [0.15, 0.2) is 0 Å². The lowest BCUT2D eigenvalue weighted by atomic mass is 10.1. The number of hydrazone groups is 1. The van der Waals surface area contributed by atoms with Crippen molar-refractivity contribution in [3.63, 3.8) is 0 Å². The van der Waals surface area contributed by atoms with Crippen LogP contribution in [-0.4, -0.2) is 20.0 Å². The molecule has 38 heavy (non-hydrogen) atoms. The molecule has 0 aromatic heterocycles. The molecular formula is C30H28ClN3O3S. The third-order valence-corrected chi connectivity index (χ3v) is 8.36. The van der Waals surface area contributed by atoms with E-state index in [0.29, 0.717) is 33.1 Å². The summed E-state index contributed by atoms with van der Waals surface area (Å²) in [5.74, 6) is -0.359. The summed E-state index contributed by atoms with van der Waals surface area (Å²) in [6.07, 6.45) is 0. The fourth-order valence-electron chi connectivity index (χ4n) is 3.87. The lowest BCUT2D eigenvalue weighted by Gasteiger charge is -2.26. The van der Waals surface area contributed by atoms with Gasteiger partial charge in [-0.3, -0.25) is 9.10 Å². The summed E-state index contributed by atoms with van der Waals surface area (Å²) in [7, 11) is -3.89. The molecule has 0 atom stereocenters. The Hall–Kier alpha value is -3.94. The Bertz CT molecular complexity index is 1570. The fraction of sp³-hybridized carbons (Fsp3) is 0.133. The molecular weight excluding hydrogens is 518 g/mol. The quantitative estimate of drug-likeness (QED) is 0.202. The number of nitrogens with zero attached hydrogens (tertiary/aromatic N) is 2. The predicted molar refractivity (Wildman–Crippen MR) is 153 cm³/mol. The Morgan fingerprint density at radius 2 is 1.47 bits per heavy atom. The number of hydrogen-bond acceptors (Lipinski definition) is 4. The molecule has 0 saturated heterocycles. The summed E-state index contributed by atoms with van der Waals surface area (Å²) < 4.78 is 28.7. The smallest absolute Gasteiger partial charge is 0.267 e. The second-order valence-corrected chi connectivity index (χ2v) is 11.2. The van der Waals surface area contributed by atoms with Crippen molar-refractivity contribution in [3.8, 4) is 0 Å². The highest BCUT2D eigenvalue weighted by atomic mass is 35.5. The van der Waals surface area contributed by atoms with E-state index in [-0.39, 0.29) is 17.3 Å². The number of carbonyl (C=O) groups is 1. The molecule has 0 unspecified atom stereocenters. The molecule has 4 aromatic carbocycles. The number of carbonyl (C=O) groups excluding carboxylic acids is 1. The van der Waals surface area contributed by atoms with E-state index in [1.54, 1.807) is 79.7 Å². The summed E-state index contributed by atoms with van der Waals surface area (Å²) in [6, 6.07) is 28.1. The Morgan fingerprint density at radius 3 is 2.13 bits per heavy atom. The van der Waals surface area contributed by atoms with Crippen LogP contribution < -0.4 is 9.73 Å². The van der Waals surface area contributed by atoms with Gasteiger partial charge >= 0.3 is 0 Å². The molecule has 0 heterocycles. The molecule has 0 aliphatic rings. The van der Waals surface area contributed by atoms with Gasteiger partial charge in [0.25, 0.3) is 15.9 Å². The van der Waals surface area contributed by atoms with E-state index >= 15 is 0 Å². The fourth-order valence-corrected chi connectivity index (χ4v) is 5.57. The number of sulfonamides is 1. The molecule has 4 rings (SSSR count). The molecule has 6 nitrogen and oxygen atoms in total. The summed E-state index contributed by atoms with van der Waals surface area (Å²) >= 11 is 6.33. The Balaban J connectivity index is 1.57. The van der Waals surface area contributed by atoms with Gasteiger partial charge in [-0.15, -0.1) is 0 Å². The molecule has 1 amide bonds. The molecule has 4 aromatic rings. The lowest BCUT2D eigenvalue weighted by Crippen LogP contribution is -2.31. The van der Waals surface area contributed by atoms with Gasteiger partial charge < -0.3 is 0 Å². The van der Waals surface area contributed by atoms with Gasteiger partial charge in [0, 0.05) is 10.6 Å². The lowest BCUT2D eigenvalue weighted by molar-refractivity contribution is 0.0955. The first kappa shape index (κ1) is 27.1. The zero-order valence-corrected chi connectivity index (χ0v) is 22.9. The van der Waals surface area contributed by atoms with E-state index < -0.39 is 10.0 Å². The number of benzene rings is 4. The van der Waals surface area contributed by atoms with Gasteiger partial charge in [0.05, 0.1) is 22.8 Å². The van der Waals surface area contributed by atoms with Crippen LogP contribution in [0, 0.1) is 13.8 Å². The van der Waals surface area contributed by atoms with Crippen LogP contribution in [0.3, 0.4) is 0 Å². The van der Waals surface area contributed by atoms with Gasteiger partial charge in [-0.1, -0.05) is 77.8 Å². The predicted octanol–water partition coefficient (Wildman–Crippen LogP) is 6.51. The van der Waals surface area contributed by atoms with Crippen LogP contribution >= 0.6 is 11.6 Å². The van der Waals surface area contributed by atoms with Crippen LogP contribution in [0.2, 0.25) is 5.02 Å². The van der Waals surface area contributed by atoms with Crippen LogP contribution in [-0.2, 0) is 16.6 Å². The van der Waals surface area contributed by atoms with Crippen LogP contribution in [0.25, 0.3) is 0 Å². The monoisotopic (exact) mass is 545 g/mol. The van der Waals surface area contributed by atoms with Gasteiger partial charge in [0.2, 0.25) is 0 Å². The van der Waals surface area contributed by atoms with E-state index in [4.69, 9.17) is 11.6 Å². The Morgan fingerprint density at radius 1 is 0.842 bits per heavy atom. The maximum Gasteiger partial charge on any atom is 0.271 e. The maximum absolute atomic E-state index is 13.7. The molecule has 0 bridgehead atoms. The molecule has 0 fully saturated rings. The van der Waals surface area contributed by atoms with E-state index in [1.165, 1.54) is 4.31 Å². The molecule has 194 valence electrons. The molecule has 0 spiro atoms. The van der Waals surface area contributed by atoms with Crippen molar-refractivity contribution in [3.05, 3.63) is 130 Å². The van der Waals surface area contributed by atoms with Crippen molar-refractivity contribution in [1.29, 1.82) is 0 Å². The Labute approximate surface area is 228 Å². The number of halogens is 1. The van der Waals surface area contributed by atoms with Gasteiger partial charge in [0.1, 0.15) is 0 Å². The zero-order valence-electron chi connectivity index (χ0n) is 21.4. The third-order valence-electron chi connectivity index (χ3n) is 6.18. The highest BCUT2D eigenvalue weighted by molar-refractivity contribution is 7.92. The van der Waals surface area contributed by atoms with E-state index in [9.17, 15) is 13.2 Å².